The quantitative estimate of drug-likeness (QED) is 0.402. The molecule has 0 spiro atoms. The molecular weight excluding hydrogens is 304 g/mol. The van der Waals surface area contributed by atoms with Crippen LogP contribution in [0.25, 0.3) is 17.0 Å². The zero-order chi connectivity index (χ0) is 16.9. The Kier molecular flexibility index (Phi) is 4.57. The number of aryl methyl sites for hydroxylation is 1. The lowest BCUT2D eigenvalue weighted by molar-refractivity contribution is -0.136. The highest BCUT2D eigenvalue weighted by atomic mass is 16.5. The lowest BCUT2D eigenvalue weighted by Crippen LogP contribution is -2.11. The van der Waals surface area contributed by atoms with Gasteiger partial charge in [-0.05, 0) is 30.7 Å². The van der Waals surface area contributed by atoms with Crippen LogP contribution < -0.4 is 0 Å². The topological polar surface area (TPSA) is 56.5 Å². The van der Waals surface area contributed by atoms with E-state index < -0.39 is 5.97 Å². The third kappa shape index (κ3) is 3.79. The first kappa shape index (κ1) is 15.7. The van der Waals surface area contributed by atoms with Gasteiger partial charge in [-0.25, -0.2) is 4.79 Å². The van der Waals surface area contributed by atoms with E-state index in [-0.39, 0.29) is 18.2 Å². The van der Waals surface area contributed by atoms with Crippen LogP contribution in [0.15, 0.2) is 65.1 Å². The van der Waals surface area contributed by atoms with Crippen LogP contribution in [0.5, 0.6) is 0 Å². The number of para-hydroxylation sites is 1. The fourth-order valence-corrected chi connectivity index (χ4v) is 2.31. The van der Waals surface area contributed by atoms with Crippen molar-refractivity contribution in [2.45, 2.75) is 6.92 Å². The summed E-state index contributed by atoms with van der Waals surface area (Å²) in [5.41, 5.74) is 2.63. The van der Waals surface area contributed by atoms with E-state index in [0.717, 1.165) is 16.5 Å². The Hall–Kier alpha value is -3.14. The molecule has 4 nitrogen and oxygen atoms in total. The number of benzene rings is 2. The van der Waals surface area contributed by atoms with E-state index in [4.69, 9.17) is 9.15 Å². The second kappa shape index (κ2) is 6.96. The highest BCUT2D eigenvalue weighted by molar-refractivity contribution is 5.99. The number of ether oxygens (including phenoxy) is 1. The van der Waals surface area contributed by atoms with E-state index in [1.165, 1.54) is 6.08 Å². The van der Waals surface area contributed by atoms with E-state index in [1.807, 2.05) is 49.4 Å². The van der Waals surface area contributed by atoms with Gasteiger partial charge in [0.25, 0.3) is 0 Å². The van der Waals surface area contributed by atoms with Crippen molar-refractivity contribution in [3.05, 3.63) is 77.6 Å². The largest absolute Gasteiger partial charge is 0.454 e. The molecule has 0 fully saturated rings. The summed E-state index contributed by atoms with van der Waals surface area (Å²) in [5, 5.41) is 0.839. The lowest BCUT2D eigenvalue weighted by Gasteiger charge is -1.99. The molecule has 3 aromatic rings. The summed E-state index contributed by atoms with van der Waals surface area (Å²) in [5.74, 6) is -0.754. The molecule has 1 aromatic heterocycles. The summed E-state index contributed by atoms with van der Waals surface area (Å²) >= 11 is 0. The van der Waals surface area contributed by atoms with Crippen LogP contribution in [0.2, 0.25) is 0 Å². The van der Waals surface area contributed by atoms with E-state index in [1.54, 1.807) is 18.2 Å². The van der Waals surface area contributed by atoms with Crippen LogP contribution in [0.4, 0.5) is 0 Å². The van der Waals surface area contributed by atoms with Crippen LogP contribution in [-0.2, 0) is 9.53 Å². The zero-order valence-electron chi connectivity index (χ0n) is 13.2. The molecule has 0 saturated heterocycles. The SMILES string of the molecule is Cc1cccc(/C=C/C(=O)OCC(=O)c2cc3ccccc3o2)c1. The van der Waals surface area contributed by atoms with E-state index in [0.29, 0.717) is 5.58 Å². The van der Waals surface area contributed by atoms with E-state index >= 15 is 0 Å². The van der Waals surface area contributed by atoms with Gasteiger partial charge in [-0.15, -0.1) is 0 Å². The first-order valence-corrected chi connectivity index (χ1v) is 7.55. The van der Waals surface area contributed by atoms with Gasteiger partial charge in [-0.3, -0.25) is 4.79 Å². The van der Waals surface area contributed by atoms with Crippen LogP contribution in [0.1, 0.15) is 21.7 Å². The molecule has 0 radical (unpaired) electrons. The number of ketones is 1. The number of fused-ring (bicyclic) bond motifs is 1. The Morgan fingerprint density at radius 1 is 1.08 bits per heavy atom. The summed E-state index contributed by atoms with van der Waals surface area (Å²) in [6, 6.07) is 16.7. The Bertz CT molecular complexity index is 885. The molecule has 0 aliphatic rings. The number of rotatable bonds is 5. The summed E-state index contributed by atoms with van der Waals surface area (Å²) < 4.78 is 10.4. The van der Waals surface area contributed by atoms with E-state index in [2.05, 4.69) is 0 Å². The Morgan fingerprint density at radius 2 is 1.92 bits per heavy atom. The number of hydrogen-bond donors (Lipinski definition) is 0. The van der Waals surface area contributed by atoms with Crippen molar-refractivity contribution in [1.29, 1.82) is 0 Å². The molecule has 0 bridgehead atoms. The van der Waals surface area contributed by atoms with Crippen LogP contribution in [0.3, 0.4) is 0 Å². The van der Waals surface area contributed by atoms with Gasteiger partial charge >= 0.3 is 5.97 Å². The maximum Gasteiger partial charge on any atom is 0.331 e. The second-order valence-electron chi connectivity index (χ2n) is 5.43. The van der Waals surface area contributed by atoms with Gasteiger partial charge in [0.2, 0.25) is 5.78 Å². The number of hydrogen-bond acceptors (Lipinski definition) is 4. The molecule has 0 amide bonds. The summed E-state index contributed by atoms with van der Waals surface area (Å²) in [4.78, 5) is 23.8. The van der Waals surface area contributed by atoms with Gasteiger partial charge < -0.3 is 9.15 Å². The molecule has 120 valence electrons. The van der Waals surface area contributed by atoms with Crippen molar-refractivity contribution in [3.63, 3.8) is 0 Å². The number of carbonyl (C=O) groups excluding carboxylic acids is 2. The van der Waals surface area contributed by atoms with Crippen LogP contribution in [-0.4, -0.2) is 18.4 Å². The van der Waals surface area contributed by atoms with Crippen molar-refractivity contribution in [1.82, 2.24) is 0 Å². The van der Waals surface area contributed by atoms with Crippen molar-refractivity contribution in [2.24, 2.45) is 0 Å². The van der Waals surface area contributed by atoms with Crippen molar-refractivity contribution in [2.75, 3.05) is 6.61 Å². The smallest absolute Gasteiger partial charge is 0.331 e. The van der Waals surface area contributed by atoms with Gasteiger partial charge in [-0.1, -0.05) is 48.0 Å². The molecule has 4 heteroatoms. The van der Waals surface area contributed by atoms with Gasteiger partial charge in [0.15, 0.2) is 12.4 Å². The summed E-state index contributed by atoms with van der Waals surface area (Å²) in [6.07, 6.45) is 2.96. The highest BCUT2D eigenvalue weighted by Crippen LogP contribution is 2.19. The standard InChI is InChI=1S/C20H16O4/c1-14-5-4-6-15(11-14)9-10-20(22)23-13-17(21)19-12-16-7-2-3-8-18(16)24-19/h2-12H,13H2,1H3/b10-9+. The molecule has 0 atom stereocenters. The van der Waals surface area contributed by atoms with Crippen molar-refractivity contribution >= 4 is 28.8 Å². The Morgan fingerprint density at radius 3 is 2.71 bits per heavy atom. The lowest BCUT2D eigenvalue weighted by atomic mass is 10.1. The average molecular weight is 320 g/mol. The van der Waals surface area contributed by atoms with E-state index in [9.17, 15) is 9.59 Å². The minimum Gasteiger partial charge on any atom is -0.454 e. The highest BCUT2D eigenvalue weighted by Gasteiger charge is 2.13. The average Bonchev–Trinajstić information content (AvgIpc) is 3.02. The first-order chi connectivity index (χ1) is 11.6. The van der Waals surface area contributed by atoms with Gasteiger partial charge in [-0.2, -0.15) is 0 Å². The van der Waals surface area contributed by atoms with Gasteiger partial charge in [0, 0.05) is 11.5 Å². The van der Waals surface area contributed by atoms with Gasteiger partial charge in [0.05, 0.1) is 0 Å². The third-order valence-electron chi connectivity index (χ3n) is 3.50. The third-order valence-corrected chi connectivity index (χ3v) is 3.50. The number of furan rings is 1. The molecule has 0 N–H and O–H groups in total. The molecule has 1 heterocycles. The summed E-state index contributed by atoms with van der Waals surface area (Å²) in [7, 11) is 0. The maximum absolute atomic E-state index is 12.0. The Balaban J connectivity index is 1.58. The van der Waals surface area contributed by atoms with Gasteiger partial charge in [0.1, 0.15) is 5.58 Å². The molecule has 0 saturated carbocycles. The second-order valence-corrected chi connectivity index (χ2v) is 5.43. The summed E-state index contributed by atoms with van der Waals surface area (Å²) in [6.45, 7) is 1.62. The molecule has 24 heavy (non-hydrogen) atoms. The molecule has 0 aliphatic carbocycles. The zero-order valence-corrected chi connectivity index (χ0v) is 13.2. The molecule has 0 aliphatic heterocycles. The predicted molar refractivity (Wildman–Crippen MR) is 91.7 cm³/mol. The maximum atomic E-state index is 12.0. The molecular formula is C20H16O4. The molecule has 3 rings (SSSR count). The van der Waals surface area contributed by atoms with Crippen molar-refractivity contribution in [3.8, 4) is 0 Å². The minimum atomic E-state index is -0.569. The predicted octanol–water partition coefficient (Wildman–Crippen LogP) is 4.18. The molecule has 2 aromatic carbocycles. The fraction of sp³-hybridized carbons (Fsp3) is 0.100. The number of carbonyl (C=O) groups is 2. The molecule has 0 unspecified atom stereocenters. The van der Waals surface area contributed by atoms with Crippen molar-refractivity contribution < 1.29 is 18.7 Å². The first-order valence-electron chi connectivity index (χ1n) is 7.55. The normalized spacial score (nSPS) is 11.0. The fourth-order valence-electron chi connectivity index (χ4n) is 2.31. The number of Topliss-reactive ketones (excluding diaryl/α,β-unsaturated/α-hetero) is 1. The van der Waals surface area contributed by atoms with Crippen LogP contribution in [0, 0.1) is 6.92 Å². The number of esters is 1. The monoisotopic (exact) mass is 320 g/mol. The Labute approximate surface area is 139 Å². The van der Waals surface area contributed by atoms with Crippen LogP contribution >= 0.6 is 0 Å². The minimum absolute atomic E-state index is 0.187.